The number of rotatable bonds is 4. The van der Waals surface area contributed by atoms with Crippen LogP contribution in [0.25, 0.3) is 6.08 Å². The average molecular weight is 419 g/mol. The van der Waals surface area contributed by atoms with Gasteiger partial charge in [-0.2, -0.15) is 0 Å². The lowest BCUT2D eigenvalue weighted by Crippen LogP contribution is -2.45. The number of carbonyl (C=O) groups excluding carboxylic acids is 3. The third-order valence-electron chi connectivity index (χ3n) is 5.51. The molecule has 1 N–H and O–H groups in total. The second-order valence-corrected chi connectivity index (χ2v) is 7.88. The zero-order chi connectivity index (χ0) is 22.0. The predicted molar refractivity (Wildman–Crippen MR) is 119 cm³/mol. The minimum absolute atomic E-state index is 0.0892. The van der Waals surface area contributed by atoms with Gasteiger partial charge in [0, 0.05) is 32.0 Å². The third-order valence-corrected chi connectivity index (χ3v) is 5.51. The molecule has 0 aromatic heterocycles. The molecule has 2 aliphatic heterocycles. The summed E-state index contributed by atoms with van der Waals surface area (Å²) >= 11 is 0. The number of amides is 3. The van der Waals surface area contributed by atoms with Gasteiger partial charge in [-0.1, -0.05) is 18.2 Å². The molecule has 2 heterocycles. The van der Waals surface area contributed by atoms with Crippen molar-refractivity contribution in [1.82, 2.24) is 4.90 Å². The van der Waals surface area contributed by atoms with Gasteiger partial charge in [0.2, 0.25) is 17.7 Å². The fraction of sp³-hybridized carbons (Fsp3) is 0.292. The van der Waals surface area contributed by atoms with E-state index in [2.05, 4.69) is 5.32 Å². The smallest absolute Gasteiger partial charge is 0.246 e. The molecule has 0 radical (unpaired) electrons. The van der Waals surface area contributed by atoms with E-state index in [1.54, 1.807) is 30.2 Å². The molecule has 4 rings (SSSR count). The average Bonchev–Trinajstić information content (AvgIpc) is 3.16. The van der Waals surface area contributed by atoms with E-state index >= 15 is 0 Å². The van der Waals surface area contributed by atoms with Crippen LogP contribution in [0.3, 0.4) is 0 Å². The van der Waals surface area contributed by atoms with Crippen molar-refractivity contribution in [3.63, 3.8) is 0 Å². The Bertz CT molecular complexity index is 1060. The first-order chi connectivity index (χ1) is 14.9. The molecule has 0 spiro atoms. The van der Waals surface area contributed by atoms with E-state index in [4.69, 9.17) is 4.74 Å². The number of likely N-dealkylation sites (N-methyl/N-ethyl adjacent to an activating group) is 1. The van der Waals surface area contributed by atoms with Crippen LogP contribution in [0.15, 0.2) is 48.5 Å². The Hall–Kier alpha value is -3.61. The normalized spacial score (nSPS) is 17.4. The van der Waals surface area contributed by atoms with Gasteiger partial charge < -0.3 is 19.9 Å². The summed E-state index contributed by atoms with van der Waals surface area (Å²) in [6.45, 7) is 2.43. The highest BCUT2D eigenvalue weighted by atomic mass is 16.5. The first-order valence-corrected chi connectivity index (χ1v) is 10.3. The van der Waals surface area contributed by atoms with Crippen LogP contribution in [0, 0.1) is 0 Å². The van der Waals surface area contributed by atoms with E-state index in [-0.39, 0.29) is 36.7 Å². The lowest BCUT2D eigenvalue weighted by molar-refractivity contribution is -0.130. The summed E-state index contributed by atoms with van der Waals surface area (Å²) in [7, 11) is 1.60. The minimum Gasteiger partial charge on any atom is -0.493 e. The lowest BCUT2D eigenvalue weighted by Gasteiger charge is -2.29. The molecule has 1 unspecified atom stereocenters. The van der Waals surface area contributed by atoms with Gasteiger partial charge in [0.15, 0.2) is 0 Å². The standard InChI is InChI=1S/C24H25N3O4/c1-16-13-22(28)25-19-5-3-4-6-20(19)27(16)24(30)15-26(2)23(29)10-8-17-7-9-21-18(14-17)11-12-31-21/h3-10,14,16H,11-13,15H2,1-2H3,(H,25,28). The van der Waals surface area contributed by atoms with Crippen molar-refractivity contribution >= 4 is 35.2 Å². The zero-order valence-electron chi connectivity index (χ0n) is 17.6. The van der Waals surface area contributed by atoms with Crippen molar-refractivity contribution in [1.29, 1.82) is 0 Å². The van der Waals surface area contributed by atoms with E-state index in [1.165, 1.54) is 11.0 Å². The van der Waals surface area contributed by atoms with Gasteiger partial charge in [0.1, 0.15) is 12.3 Å². The molecule has 0 saturated heterocycles. The maximum atomic E-state index is 13.1. The van der Waals surface area contributed by atoms with Crippen LogP contribution in [-0.4, -0.2) is 48.9 Å². The van der Waals surface area contributed by atoms with Crippen molar-refractivity contribution in [2.45, 2.75) is 25.8 Å². The summed E-state index contributed by atoms with van der Waals surface area (Å²) in [5.74, 6) is 0.249. The molecule has 2 aromatic rings. The van der Waals surface area contributed by atoms with Crippen molar-refractivity contribution in [2.75, 3.05) is 30.4 Å². The molecule has 3 amide bonds. The molecule has 2 aromatic carbocycles. The zero-order valence-corrected chi connectivity index (χ0v) is 17.6. The van der Waals surface area contributed by atoms with Crippen LogP contribution >= 0.6 is 0 Å². The summed E-state index contributed by atoms with van der Waals surface area (Å²) in [6, 6.07) is 12.7. The summed E-state index contributed by atoms with van der Waals surface area (Å²) in [4.78, 5) is 40.8. The van der Waals surface area contributed by atoms with Crippen LogP contribution in [0.2, 0.25) is 0 Å². The van der Waals surface area contributed by atoms with Gasteiger partial charge in [0.05, 0.1) is 18.0 Å². The highest BCUT2D eigenvalue weighted by molar-refractivity contribution is 6.06. The molecule has 31 heavy (non-hydrogen) atoms. The van der Waals surface area contributed by atoms with Crippen molar-refractivity contribution in [2.24, 2.45) is 0 Å². The van der Waals surface area contributed by atoms with E-state index in [0.29, 0.717) is 18.0 Å². The highest BCUT2D eigenvalue weighted by Gasteiger charge is 2.30. The second-order valence-electron chi connectivity index (χ2n) is 7.88. The maximum absolute atomic E-state index is 13.1. The van der Waals surface area contributed by atoms with Gasteiger partial charge in [0.25, 0.3) is 0 Å². The molecule has 0 fully saturated rings. The Morgan fingerprint density at radius 3 is 2.90 bits per heavy atom. The number of fused-ring (bicyclic) bond motifs is 2. The number of hydrogen-bond donors (Lipinski definition) is 1. The summed E-state index contributed by atoms with van der Waals surface area (Å²) in [5, 5.41) is 2.84. The Kier molecular flexibility index (Phi) is 5.75. The van der Waals surface area contributed by atoms with Crippen LogP contribution in [0.4, 0.5) is 11.4 Å². The fourth-order valence-electron chi connectivity index (χ4n) is 3.93. The number of anilines is 2. The van der Waals surface area contributed by atoms with E-state index in [1.807, 2.05) is 37.3 Å². The SMILES string of the molecule is CC1CC(=O)Nc2ccccc2N1C(=O)CN(C)C(=O)C=Cc1ccc2c(c1)CCO2. The molecule has 0 bridgehead atoms. The van der Waals surface area contributed by atoms with Crippen LogP contribution in [0.1, 0.15) is 24.5 Å². The first kappa shape index (κ1) is 20.7. The monoisotopic (exact) mass is 419 g/mol. The number of para-hydroxylation sites is 2. The third kappa shape index (κ3) is 4.45. The topological polar surface area (TPSA) is 79.0 Å². The van der Waals surface area contributed by atoms with Crippen molar-refractivity contribution in [3.05, 3.63) is 59.7 Å². The number of carbonyl (C=O) groups is 3. The molecule has 0 saturated carbocycles. The Morgan fingerprint density at radius 2 is 2.06 bits per heavy atom. The summed E-state index contributed by atoms with van der Waals surface area (Å²) in [5.41, 5.74) is 3.29. The first-order valence-electron chi connectivity index (χ1n) is 10.3. The molecule has 0 aliphatic carbocycles. The molecule has 7 nitrogen and oxygen atoms in total. The highest BCUT2D eigenvalue weighted by Crippen LogP contribution is 2.31. The molecular formula is C24H25N3O4. The number of ether oxygens (including phenoxy) is 1. The van der Waals surface area contributed by atoms with E-state index in [9.17, 15) is 14.4 Å². The predicted octanol–water partition coefficient (Wildman–Crippen LogP) is 2.86. The van der Waals surface area contributed by atoms with Crippen LogP contribution < -0.4 is 15.0 Å². The van der Waals surface area contributed by atoms with E-state index in [0.717, 1.165) is 23.3 Å². The van der Waals surface area contributed by atoms with Crippen LogP contribution in [0.5, 0.6) is 5.75 Å². The minimum atomic E-state index is -0.316. The molecule has 7 heteroatoms. The van der Waals surface area contributed by atoms with Crippen molar-refractivity contribution in [3.8, 4) is 5.75 Å². The van der Waals surface area contributed by atoms with Gasteiger partial charge in [-0.05, 0) is 48.4 Å². The Morgan fingerprint density at radius 1 is 1.26 bits per heavy atom. The molecule has 1 atom stereocenters. The molecule has 2 aliphatic rings. The molecule has 160 valence electrons. The summed E-state index contributed by atoms with van der Waals surface area (Å²) < 4.78 is 5.50. The van der Waals surface area contributed by atoms with Gasteiger partial charge >= 0.3 is 0 Å². The number of nitrogens with one attached hydrogen (secondary N) is 1. The Labute approximate surface area is 181 Å². The summed E-state index contributed by atoms with van der Waals surface area (Å²) in [6.07, 6.45) is 4.27. The fourth-order valence-corrected chi connectivity index (χ4v) is 3.93. The van der Waals surface area contributed by atoms with E-state index < -0.39 is 0 Å². The second kappa shape index (κ2) is 8.63. The van der Waals surface area contributed by atoms with Crippen molar-refractivity contribution < 1.29 is 19.1 Å². The quantitative estimate of drug-likeness (QED) is 0.773. The Balaban J connectivity index is 1.45. The van der Waals surface area contributed by atoms with Crippen LogP contribution in [-0.2, 0) is 20.8 Å². The number of benzene rings is 2. The number of nitrogens with zero attached hydrogens (tertiary/aromatic N) is 2. The van der Waals surface area contributed by atoms with Gasteiger partial charge in [-0.3, -0.25) is 14.4 Å². The molecular weight excluding hydrogens is 394 g/mol. The van der Waals surface area contributed by atoms with Gasteiger partial charge in [-0.25, -0.2) is 0 Å². The van der Waals surface area contributed by atoms with Gasteiger partial charge in [-0.15, -0.1) is 0 Å². The largest absolute Gasteiger partial charge is 0.493 e. The number of hydrogen-bond acceptors (Lipinski definition) is 4. The maximum Gasteiger partial charge on any atom is 0.246 e. The lowest BCUT2D eigenvalue weighted by atomic mass is 10.1.